The van der Waals surface area contributed by atoms with Gasteiger partial charge in [0.15, 0.2) is 5.11 Å². The van der Waals surface area contributed by atoms with Gasteiger partial charge in [0.25, 0.3) is 17.5 Å². The van der Waals surface area contributed by atoms with Gasteiger partial charge in [-0.05, 0) is 45.1 Å². The van der Waals surface area contributed by atoms with E-state index >= 15 is 0 Å². The van der Waals surface area contributed by atoms with Crippen molar-refractivity contribution in [2.75, 3.05) is 36.5 Å². The van der Waals surface area contributed by atoms with Crippen LogP contribution < -0.4 is 20.9 Å². The Morgan fingerprint density at radius 1 is 1.16 bits per heavy atom. The van der Waals surface area contributed by atoms with Crippen LogP contribution >= 0.6 is 35.2 Å². The lowest BCUT2D eigenvalue weighted by Gasteiger charge is -2.30. The van der Waals surface area contributed by atoms with Crippen molar-refractivity contribution < 1.29 is 19.2 Å². The number of amides is 2. The Labute approximate surface area is 233 Å². The van der Waals surface area contributed by atoms with E-state index in [9.17, 15) is 19.7 Å². The summed E-state index contributed by atoms with van der Waals surface area (Å²) in [5, 5.41) is 20.9. The van der Waals surface area contributed by atoms with Crippen LogP contribution in [-0.4, -0.2) is 53.7 Å². The zero-order chi connectivity index (χ0) is 27.6. The van der Waals surface area contributed by atoms with E-state index in [4.69, 9.17) is 28.6 Å². The number of benzene rings is 2. The highest BCUT2D eigenvalue weighted by atomic mass is 35.5. The lowest BCUT2D eigenvalue weighted by Crippen LogP contribution is -2.40. The number of carbonyl (C=O) groups is 2. The number of halogens is 1. The molecule has 200 valence electrons. The van der Waals surface area contributed by atoms with Crippen molar-refractivity contribution >= 4 is 79.2 Å². The molecule has 2 heterocycles. The van der Waals surface area contributed by atoms with Gasteiger partial charge < -0.3 is 20.3 Å². The molecule has 1 aliphatic rings. The van der Waals surface area contributed by atoms with Crippen molar-refractivity contribution in [1.29, 1.82) is 0 Å². The smallest absolute Gasteiger partial charge is 0.270 e. The molecule has 0 aliphatic carbocycles. The third kappa shape index (κ3) is 6.21. The number of nitro benzene ring substituents is 1. The molecule has 1 aromatic heterocycles. The van der Waals surface area contributed by atoms with E-state index < -0.39 is 16.4 Å². The highest BCUT2D eigenvalue weighted by Crippen LogP contribution is 2.39. The highest BCUT2D eigenvalue weighted by Gasteiger charge is 2.24. The molecular formula is C25H26ClN5O5S2. The van der Waals surface area contributed by atoms with Gasteiger partial charge >= 0.3 is 0 Å². The Morgan fingerprint density at radius 2 is 1.87 bits per heavy atom. The van der Waals surface area contributed by atoms with Gasteiger partial charge in [-0.25, -0.2) is 0 Å². The van der Waals surface area contributed by atoms with Crippen molar-refractivity contribution in [3.63, 3.8) is 0 Å². The second-order valence-electron chi connectivity index (χ2n) is 9.60. The monoisotopic (exact) mass is 575 g/mol. The molecule has 0 unspecified atom stereocenters. The van der Waals surface area contributed by atoms with E-state index in [2.05, 4.69) is 16.0 Å². The summed E-state index contributed by atoms with van der Waals surface area (Å²) in [5.74, 6) is -0.874. The molecule has 10 nitrogen and oxygen atoms in total. The molecule has 4 rings (SSSR count). The van der Waals surface area contributed by atoms with Crippen molar-refractivity contribution in [2.24, 2.45) is 0 Å². The number of thiocarbonyl (C=S) groups is 1. The molecule has 1 saturated heterocycles. The third-order valence-corrected chi connectivity index (χ3v) is 7.56. The van der Waals surface area contributed by atoms with Gasteiger partial charge in [0.2, 0.25) is 0 Å². The lowest BCUT2D eigenvalue weighted by molar-refractivity contribution is -0.384. The fraction of sp³-hybridized carbons (Fsp3) is 0.320. The van der Waals surface area contributed by atoms with E-state index in [-0.39, 0.29) is 22.3 Å². The molecule has 13 heteroatoms. The van der Waals surface area contributed by atoms with Gasteiger partial charge in [0.1, 0.15) is 4.88 Å². The van der Waals surface area contributed by atoms with Crippen LogP contribution in [0, 0.1) is 10.1 Å². The van der Waals surface area contributed by atoms with Crippen molar-refractivity contribution in [2.45, 2.75) is 26.3 Å². The average Bonchev–Trinajstić information content (AvgIpc) is 3.20. The number of fused-ring (bicyclic) bond motifs is 1. The van der Waals surface area contributed by atoms with Gasteiger partial charge in [0.05, 0.1) is 44.8 Å². The largest absolute Gasteiger partial charge is 0.378 e. The first-order valence-electron chi connectivity index (χ1n) is 11.7. The maximum absolute atomic E-state index is 13.2. The number of hydrogen-bond donors (Lipinski definition) is 3. The average molecular weight is 576 g/mol. The minimum Gasteiger partial charge on any atom is -0.378 e. The second-order valence-corrected chi connectivity index (χ2v) is 11.4. The summed E-state index contributed by atoms with van der Waals surface area (Å²) in [6, 6.07) is 9.48. The first-order valence-corrected chi connectivity index (χ1v) is 13.3. The van der Waals surface area contributed by atoms with Crippen molar-refractivity contribution in [3.8, 4) is 0 Å². The summed E-state index contributed by atoms with van der Waals surface area (Å²) in [7, 11) is 0. The van der Waals surface area contributed by atoms with Gasteiger partial charge in [-0.15, -0.1) is 11.3 Å². The molecule has 3 N–H and O–H groups in total. The van der Waals surface area contributed by atoms with Crippen LogP contribution in [0.15, 0.2) is 36.4 Å². The molecule has 0 bridgehead atoms. The number of nitro groups is 1. The summed E-state index contributed by atoms with van der Waals surface area (Å²) in [6.07, 6.45) is 0. The van der Waals surface area contributed by atoms with Gasteiger partial charge in [0, 0.05) is 36.1 Å². The number of anilines is 2. The SMILES string of the molecule is CC(C)(C)NC(=O)c1sc2c(NC(=S)NC(=O)c3cc([N+](=O)[O-])ccc3N3CCOCC3)cccc2c1Cl. The fourth-order valence-electron chi connectivity index (χ4n) is 3.95. The molecule has 38 heavy (non-hydrogen) atoms. The number of rotatable bonds is 5. The molecule has 0 atom stereocenters. The van der Waals surface area contributed by atoms with Gasteiger partial charge in [-0.3, -0.25) is 25.0 Å². The maximum Gasteiger partial charge on any atom is 0.270 e. The Morgan fingerprint density at radius 3 is 2.53 bits per heavy atom. The number of morpholine rings is 1. The van der Waals surface area contributed by atoms with Crippen LogP contribution in [0.3, 0.4) is 0 Å². The lowest BCUT2D eigenvalue weighted by atomic mass is 10.1. The second kappa shape index (κ2) is 11.2. The molecule has 2 aromatic carbocycles. The molecule has 0 saturated carbocycles. The minimum atomic E-state index is -0.589. The Bertz CT molecular complexity index is 1430. The van der Waals surface area contributed by atoms with Crippen LogP contribution in [0.2, 0.25) is 5.02 Å². The quantitative estimate of drug-likeness (QED) is 0.221. The van der Waals surface area contributed by atoms with E-state index in [0.717, 1.165) is 0 Å². The van der Waals surface area contributed by atoms with Crippen molar-refractivity contribution in [1.82, 2.24) is 10.6 Å². The number of nitrogens with one attached hydrogen (secondary N) is 3. The molecule has 1 aliphatic heterocycles. The molecule has 2 amide bonds. The normalized spacial score (nSPS) is 13.7. The minimum absolute atomic E-state index is 0.00727. The standard InChI is InChI=1S/C25H26ClN5O5S2/c1-25(2,3)29-23(33)21-19(26)15-5-4-6-17(20(15)38-21)27-24(37)28-22(32)16-13-14(31(34)35)7-8-18(16)30-9-11-36-12-10-30/h4-8,13H,9-12H2,1-3H3,(H,29,33)(H2,27,28,32,37). The molecular weight excluding hydrogens is 550 g/mol. The predicted molar refractivity (Wildman–Crippen MR) is 154 cm³/mol. The fourth-order valence-corrected chi connectivity index (χ4v) is 5.63. The Kier molecular flexibility index (Phi) is 8.16. The first-order chi connectivity index (χ1) is 17.9. The third-order valence-electron chi connectivity index (χ3n) is 5.61. The van der Waals surface area contributed by atoms with Gasteiger partial charge in [-0.1, -0.05) is 23.7 Å². The van der Waals surface area contributed by atoms with E-state index in [1.807, 2.05) is 25.7 Å². The molecule has 1 fully saturated rings. The molecule has 0 radical (unpaired) electrons. The Balaban J connectivity index is 1.57. The maximum atomic E-state index is 13.2. The Hall–Kier alpha value is -3.32. The van der Waals surface area contributed by atoms with Crippen molar-refractivity contribution in [3.05, 3.63) is 62.0 Å². The van der Waals surface area contributed by atoms with Gasteiger partial charge in [-0.2, -0.15) is 0 Å². The number of hydrogen-bond acceptors (Lipinski definition) is 8. The number of carbonyl (C=O) groups excluding carboxylic acids is 2. The first kappa shape index (κ1) is 27.7. The van der Waals surface area contributed by atoms with Crippen LogP contribution in [0.1, 0.15) is 40.8 Å². The van der Waals surface area contributed by atoms with Crippen LogP contribution in [0.4, 0.5) is 17.1 Å². The number of nitrogens with zero attached hydrogens (tertiary/aromatic N) is 2. The van der Waals surface area contributed by atoms with E-state index in [1.165, 1.54) is 23.5 Å². The van der Waals surface area contributed by atoms with E-state index in [1.54, 1.807) is 24.3 Å². The zero-order valence-electron chi connectivity index (χ0n) is 20.9. The number of ether oxygens (including phenoxy) is 1. The summed E-state index contributed by atoms with van der Waals surface area (Å²) in [5.41, 5.74) is 0.604. The van der Waals surface area contributed by atoms with E-state index in [0.29, 0.717) is 57.7 Å². The summed E-state index contributed by atoms with van der Waals surface area (Å²) in [6.45, 7) is 7.71. The highest BCUT2D eigenvalue weighted by molar-refractivity contribution is 7.80. The molecule has 3 aromatic rings. The predicted octanol–water partition coefficient (Wildman–Crippen LogP) is 4.95. The van der Waals surface area contributed by atoms with Crippen LogP contribution in [0.25, 0.3) is 10.1 Å². The zero-order valence-corrected chi connectivity index (χ0v) is 23.3. The molecule has 0 spiro atoms. The topological polar surface area (TPSA) is 126 Å². The summed E-state index contributed by atoms with van der Waals surface area (Å²) < 4.78 is 6.08. The summed E-state index contributed by atoms with van der Waals surface area (Å²) >= 11 is 13.2. The van der Waals surface area contributed by atoms with Crippen LogP contribution in [-0.2, 0) is 4.74 Å². The number of thiophene rings is 1. The number of non-ortho nitro benzene ring substituents is 1. The summed E-state index contributed by atoms with van der Waals surface area (Å²) in [4.78, 5) is 39.1. The van der Waals surface area contributed by atoms with Crippen LogP contribution in [0.5, 0.6) is 0 Å².